The highest BCUT2D eigenvalue weighted by Crippen LogP contribution is 2.38. The molecule has 0 atom stereocenters. The lowest BCUT2D eigenvalue weighted by atomic mass is 10.1. The number of aromatic nitrogens is 2. The summed E-state index contributed by atoms with van der Waals surface area (Å²) in [6.45, 7) is 0.0286. The molecule has 0 spiro atoms. The SMILES string of the molecule is NS(=O)(=O)c1ccc(-n2nc(C(F)(F)F)cc2-c2ccc3c(c2)OCO3)cc1. The molecule has 11 heteroatoms. The number of rotatable bonds is 3. The van der Waals surface area contributed by atoms with Crippen molar-refractivity contribution in [3.05, 3.63) is 54.2 Å². The predicted octanol–water partition coefficient (Wildman–Crippen LogP) is 2.93. The molecule has 0 unspecified atom stereocenters. The van der Waals surface area contributed by atoms with E-state index in [4.69, 9.17) is 14.6 Å². The minimum absolute atomic E-state index is 0.0286. The molecule has 7 nitrogen and oxygen atoms in total. The van der Waals surface area contributed by atoms with Crippen molar-refractivity contribution in [2.45, 2.75) is 11.1 Å². The summed E-state index contributed by atoms with van der Waals surface area (Å²) in [5.74, 6) is 0.895. The second-order valence-corrected chi connectivity index (χ2v) is 7.49. The molecule has 146 valence electrons. The molecule has 0 radical (unpaired) electrons. The highest BCUT2D eigenvalue weighted by atomic mass is 32.2. The van der Waals surface area contributed by atoms with E-state index in [-0.39, 0.29) is 23.1 Å². The van der Waals surface area contributed by atoms with E-state index >= 15 is 0 Å². The molecule has 0 saturated heterocycles. The summed E-state index contributed by atoms with van der Waals surface area (Å²) in [6.07, 6.45) is -4.66. The van der Waals surface area contributed by atoms with Gasteiger partial charge < -0.3 is 9.47 Å². The van der Waals surface area contributed by atoms with Crippen LogP contribution in [0.2, 0.25) is 0 Å². The first-order chi connectivity index (χ1) is 13.1. The maximum Gasteiger partial charge on any atom is 0.435 e. The zero-order valence-corrected chi connectivity index (χ0v) is 14.8. The summed E-state index contributed by atoms with van der Waals surface area (Å²) >= 11 is 0. The van der Waals surface area contributed by atoms with Crippen molar-refractivity contribution in [2.75, 3.05) is 6.79 Å². The highest BCUT2D eigenvalue weighted by Gasteiger charge is 2.35. The van der Waals surface area contributed by atoms with Gasteiger partial charge in [0.15, 0.2) is 17.2 Å². The maximum absolute atomic E-state index is 13.2. The van der Waals surface area contributed by atoms with E-state index in [1.54, 1.807) is 18.2 Å². The van der Waals surface area contributed by atoms with Gasteiger partial charge in [-0.3, -0.25) is 0 Å². The van der Waals surface area contributed by atoms with Crippen LogP contribution < -0.4 is 14.6 Å². The minimum Gasteiger partial charge on any atom is -0.454 e. The van der Waals surface area contributed by atoms with Crippen LogP contribution in [0.4, 0.5) is 13.2 Å². The first kappa shape index (κ1) is 18.3. The molecule has 2 N–H and O–H groups in total. The predicted molar refractivity (Wildman–Crippen MR) is 91.5 cm³/mol. The van der Waals surface area contributed by atoms with E-state index in [1.165, 1.54) is 24.3 Å². The van der Waals surface area contributed by atoms with Gasteiger partial charge in [0, 0.05) is 5.56 Å². The molecule has 0 bridgehead atoms. The van der Waals surface area contributed by atoms with Crippen LogP contribution in [0.15, 0.2) is 53.4 Å². The molecular weight excluding hydrogens is 399 g/mol. The van der Waals surface area contributed by atoms with Crippen molar-refractivity contribution in [1.29, 1.82) is 0 Å². The molecule has 2 heterocycles. The Labute approximate surface area is 157 Å². The van der Waals surface area contributed by atoms with Gasteiger partial charge in [0.05, 0.1) is 16.3 Å². The molecule has 28 heavy (non-hydrogen) atoms. The van der Waals surface area contributed by atoms with E-state index in [2.05, 4.69) is 5.10 Å². The summed E-state index contributed by atoms with van der Waals surface area (Å²) in [5, 5.41) is 8.71. The standard InChI is InChI=1S/C17H12F3N3O4S/c18-17(19,20)16-8-13(10-1-6-14-15(7-10)27-9-26-14)23(22-16)11-2-4-12(5-3-11)28(21,24)25/h1-8H,9H2,(H2,21,24,25). The van der Waals surface area contributed by atoms with E-state index in [1.807, 2.05) is 0 Å². The third kappa shape index (κ3) is 3.29. The molecule has 0 amide bonds. The van der Waals surface area contributed by atoms with E-state index < -0.39 is 21.9 Å². The first-order valence-corrected chi connectivity index (χ1v) is 9.38. The molecule has 0 saturated carbocycles. The van der Waals surface area contributed by atoms with Crippen LogP contribution >= 0.6 is 0 Å². The Hall–Kier alpha value is -3.05. The van der Waals surface area contributed by atoms with E-state index in [9.17, 15) is 21.6 Å². The fourth-order valence-electron chi connectivity index (χ4n) is 2.75. The van der Waals surface area contributed by atoms with Crippen molar-refractivity contribution in [3.63, 3.8) is 0 Å². The number of nitrogens with zero attached hydrogens (tertiary/aromatic N) is 2. The van der Waals surface area contributed by atoms with Crippen LogP contribution in [0.5, 0.6) is 11.5 Å². The zero-order valence-electron chi connectivity index (χ0n) is 14.0. The average molecular weight is 411 g/mol. The topological polar surface area (TPSA) is 96.4 Å². The number of halogens is 3. The third-order valence-corrected chi connectivity index (χ3v) is 5.01. The Bertz CT molecular complexity index is 1160. The molecule has 1 aliphatic rings. The van der Waals surface area contributed by atoms with Gasteiger partial charge in [0.25, 0.3) is 0 Å². The lowest BCUT2D eigenvalue weighted by Gasteiger charge is -2.09. The Morgan fingerprint density at radius 1 is 1.00 bits per heavy atom. The van der Waals surface area contributed by atoms with Crippen LogP contribution in [0, 0.1) is 0 Å². The lowest BCUT2D eigenvalue weighted by molar-refractivity contribution is -0.141. The molecule has 2 aromatic carbocycles. The van der Waals surface area contributed by atoms with Crippen LogP contribution in [0.1, 0.15) is 5.69 Å². The van der Waals surface area contributed by atoms with Crippen molar-refractivity contribution in [3.8, 4) is 28.4 Å². The summed E-state index contributed by atoms with van der Waals surface area (Å²) < 4.78 is 74.1. The second-order valence-electron chi connectivity index (χ2n) is 5.93. The Morgan fingerprint density at radius 2 is 1.68 bits per heavy atom. The quantitative estimate of drug-likeness (QED) is 0.715. The summed E-state index contributed by atoms with van der Waals surface area (Å²) in [6, 6.07) is 10.7. The Morgan fingerprint density at radius 3 is 2.32 bits per heavy atom. The normalized spacial score (nSPS) is 13.7. The second kappa shape index (κ2) is 6.24. The van der Waals surface area contributed by atoms with Crippen molar-refractivity contribution >= 4 is 10.0 Å². The first-order valence-electron chi connectivity index (χ1n) is 7.83. The number of ether oxygens (including phenoxy) is 2. The smallest absolute Gasteiger partial charge is 0.435 e. The number of alkyl halides is 3. The van der Waals surface area contributed by atoms with Gasteiger partial charge in [-0.25, -0.2) is 18.2 Å². The maximum atomic E-state index is 13.2. The number of sulfonamides is 1. The Balaban J connectivity index is 1.86. The third-order valence-electron chi connectivity index (χ3n) is 4.08. The lowest BCUT2D eigenvalue weighted by Crippen LogP contribution is -2.12. The van der Waals surface area contributed by atoms with Crippen LogP contribution in [-0.4, -0.2) is 25.0 Å². The van der Waals surface area contributed by atoms with Crippen molar-refractivity contribution in [1.82, 2.24) is 9.78 Å². The van der Waals surface area contributed by atoms with Gasteiger partial charge in [-0.1, -0.05) is 0 Å². The molecule has 1 aromatic heterocycles. The largest absolute Gasteiger partial charge is 0.454 e. The van der Waals surface area contributed by atoms with Gasteiger partial charge >= 0.3 is 6.18 Å². The van der Waals surface area contributed by atoms with Crippen LogP contribution in [0.25, 0.3) is 16.9 Å². The number of fused-ring (bicyclic) bond motifs is 1. The van der Waals surface area contributed by atoms with Gasteiger partial charge in [-0.15, -0.1) is 0 Å². The van der Waals surface area contributed by atoms with Gasteiger partial charge in [-0.2, -0.15) is 18.3 Å². The number of primary sulfonamides is 1. The number of hydrogen-bond donors (Lipinski definition) is 1. The highest BCUT2D eigenvalue weighted by molar-refractivity contribution is 7.89. The summed E-state index contributed by atoms with van der Waals surface area (Å²) in [4.78, 5) is -0.163. The van der Waals surface area contributed by atoms with Gasteiger partial charge in [0.1, 0.15) is 0 Å². The molecule has 3 aromatic rings. The molecule has 0 aliphatic carbocycles. The van der Waals surface area contributed by atoms with Gasteiger partial charge in [0.2, 0.25) is 16.8 Å². The Kier molecular flexibility index (Phi) is 4.08. The fraction of sp³-hybridized carbons (Fsp3) is 0.118. The zero-order chi connectivity index (χ0) is 20.1. The molecule has 1 aliphatic heterocycles. The summed E-state index contributed by atoms with van der Waals surface area (Å²) in [5.41, 5.74) is -0.289. The summed E-state index contributed by atoms with van der Waals surface area (Å²) in [7, 11) is -3.93. The van der Waals surface area contributed by atoms with E-state index in [0.717, 1.165) is 10.7 Å². The van der Waals surface area contributed by atoms with Crippen molar-refractivity contribution < 1.29 is 31.1 Å². The molecular formula is C17H12F3N3O4S. The number of nitrogens with two attached hydrogens (primary N) is 1. The van der Waals surface area contributed by atoms with Crippen LogP contribution in [-0.2, 0) is 16.2 Å². The van der Waals surface area contributed by atoms with Crippen molar-refractivity contribution in [2.24, 2.45) is 5.14 Å². The molecule has 0 fully saturated rings. The molecule has 4 rings (SSSR count). The van der Waals surface area contributed by atoms with Gasteiger partial charge in [-0.05, 0) is 48.5 Å². The average Bonchev–Trinajstić information content (AvgIpc) is 3.27. The van der Waals surface area contributed by atoms with E-state index in [0.29, 0.717) is 17.1 Å². The minimum atomic E-state index is -4.66. The van der Waals surface area contributed by atoms with Crippen LogP contribution in [0.3, 0.4) is 0 Å². The monoisotopic (exact) mass is 411 g/mol. The fourth-order valence-corrected chi connectivity index (χ4v) is 3.27. The number of hydrogen-bond acceptors (Lipinski definition) is 5. The number of benzene rings is 2.